The fourth-order valence-electron chi connectivity index (χ4n) is 2.82. The van der Waals surface area contributed by atoms with Gasteiger partial charge in [0.25, 0.3) is 0 Å². The lowest BCUT2D eigenvalue weighted by molar-refractivity contribution is -0.137. The Labute approximate surface area is 149 Å². The van der Waals surface area contributed by atoms with E-state index in [4.69, 9.17) is 23.2 Å². The number of hydrogen-bond donors (Lipinski definition) is 3. The highest BCUT2D eigenvalue weighted by atomic mass is 35.5. The van der Waals surface area contributed by atoms with Crippen LogP contribution in [0.1, 0.15) is 34.8 Å². The molecule has 0 fully saturated rings. The highest BCUT2D eigenvalue weighted by molar-refractivity contribution is 6.39. The van der Waals surface area contributed by atoms with E-state index in [0.29, 0.717) is 39.5 Å². The molecule has 0 aliphatic rings. The topological polar surface area (TPSA) is 93.6 Å². The van der Waals surface area contributed by atoms with Gasteiger partial charge in [0, 0.05) is 15.9 Å². The summed E-state index contributed by atoms with van der Waals surface area (Å²) in [4.78, 5) is 27.7. The molecule has 0 radical (unpaired) electrons. The number of aromatic nitrogens is 1. The maximum absolute atomic E-state index is 11.7. The van der Waals surface area contributed by atoms with Gasteiger partial charge in [-0.15, -0.1) is 0 Å². The summed E-state index contributed by atoms with van der Waals surface area (Å²) in [7, 11) is 3.75. The van der Waals surface area contributed by atoms with Crippen LogP contribution in [0.4, 0.5) is 0 Å². The van der Waals surface area contributed by atoms with Crippen molar-refractivity contribution in [2.75, 3.05) is 20.6 Å². The van der Waals surface area contributed by atoms with Crippen molar-refractivity contribution in [3.8, 4) is 0 Å². The number of fused-ring (bicyclic) bond motifs is 1. The summed E-state index contributed by atoms with van der Waals surface area (Å²) in [6.07, 6.45) is 0.311. The van der Waals surface area contributed by atoms with Crippen molar-refractivity contribution < 1.29 is 19.8 Å². The average molecular weight is 373 g/mol. The summed E-state index contributed by atoms with van der Waals surface area (Å²) < 4.78 is 0. The molecule has 0 amide bonds. The first kappa shape index (κ1) is 18.6. The van der Waals surface area contributed by atoms with Crippen LogP contribution >= 0.6 is 23.2 Å². The summed E-state index contributed by atoms with van der Waals surface area (Å²) in [5.74, 6) is -2.63. The third-order valence-corrected chi connectivity index (χ3v) is 4.34. The molecule has 130 valence electrons. The van der Waals surface area contributed by atoms with Crippen molar-refractivity contribution in [3.05, 3.63) is 33.4 Å². The third-order valence-electron chi connectivity index (χ3n) is 3.82. The van der Waals surface area contributed by atoms with Gasteiger partial charge in [0.15, 0.2) is 0 Å². The van der Waals surface area contributed by atoms with Crippen LogP contribution < -0.4 is 0 Å². The first-order valence-corrected chi connectivity index (χ1v) is 8.06. The van der Waals surface area contributed by atoms with Gasteiger partial charge < -0.3 is 20.1 Å². The van der Waals surface area contributed by atoms with E-state index in [2.05, 4.69) is 4.98 Å². The summed E-state index contributed by atoms with van der Waals surface area (Å²) in [5.41, 5.74) is 0.864. The highest BCUT2D eigenvalue weighted by Gasteiger charge is 2.27. The SMILES string of the molecule is CN(C)CCC(CC(=O)O)c1c(C(=O)O)[nH]c2cc(Cl)cc(Cl)c12. The molecule has 6 nitrogen and oxygen atoms in total. The summed E-state index contributed by atoms with van der Waals surface area (Å²) in [6.45, 7) is 0.620. The number of carboxylic acid groups (broad SMARTS) is 2. The maximum atomic E-state index is 11.7. The molecule has 3 N–H and O–H groups in total. The number of H-pyrrole nitrogens is 1. The van der Waals surface area contributed by atoms with Crippen LogP contribution in [0, 0.1) is 0 Å². The summed E-state index contributed by atoms with van der Waals surface area (Å²) >= 11 is 12.3. The Balaban J connectivity index is 2.66. The summed E-state index contributed by atoms with van der Waals surface area (Å²) in [5, 5.41) is 20.0. The van der Waals surface area contributed by atoms with E-state index in [1.54, 1.807) is 6.07 Å². The Morgan fingerprint density at radius 1 is 1.25 bits per heavy atom. The molecule has 0 spiro atoms. The van der Waals surface area contributed by atoms with Gasteiger partial charge in [-0.3, -0.25) is 4.79 Å². The number of aliphatic carboxylic acids is 1. The fraction of sp³-hybridized carbons (Fsp3) is 0.375. The van der Waals surface area contributed by atoms with E-state index in [-0.39, 0.29) is 12.1 Å². The number of rotatable bonds is 7. The number of nitrogens with one attached hydrogen (secondary N) is 1. The molecule has 0 saturated heterocycles. The van der Waals surface area contributed by atoms with Crippen molar-refractivity contribution in [1.29, 1.82) is 0 Å². The Bertz CT molecular complexity index is 786. The minimum atomic E-state index is -1.16. The third kappa shape index (κ3) is 4.01. The van der Waals surface area contributed by atoms with E-state index in [0.717, 1.165) is 0 Å². The highest BCUT2D eigenvalue weighted by Crippen LogP contribution is 2.39. The number of aromatic amines is 1. The number of nitrogens with zero attached hydrogens (tertiary/aromatic N) is 1. The molecule has 1 aromatic heterocycles. The van der Waals surface area contributed by atoms with Crippen molar-refractivity contribution in [3.63, 3.8) is 0 Å². The number of carboxylic acids is 2. The molecule has 2 rings (SSSR count). The van der Waals surface area contributed by atoms with Crippen LogP contribution in [-0.2, 0) is 4.79 Å². The molecule has 1 atom stereocenters. The minimum Gasteiger partial charge on any atom is -0.481 e. The second-order valence-electron chi connectivity index (χ2n) is 5.92. The van der Waals surface area contributed by atoms with Gasteiger partial charge >= 0.3 is 11.9 Å². The van der Waals surface area contributed by atoms with Crippen LogP contribution in [-0.4, -0.2) is 52.7 Å². The van der Waals surface area contributed by atoms with Gasteiger partial charge in [0.1, 0.15) is 5.69 Å². The molecule has 1 aromatic carbocycles. The number of benzene rings is 1. The Kier molecular flexibility index (Phi) is 5.74. The molecule has 1 heterocycles. The molecule has 0 aliphatic carbocycles. The Morgan fingerprint density at radius 2 is 1.92 bits per heavy atom. The van der Waals surface area contributed by atoms with Crippen molar-refractivity contribution in [1.82, 2.24) is 9.88 Å². The quantitative estimate of drug-likeness (QED) is 0.688. The van der Waals surface area contributed by atoms with Gasteiger partial charge in [0.2, 0.25) is 0 Å². The fourth-order valence-corrected chi connectivity index (χ4v) is 3.42. The molecular weight excluding hydrogens is 355 g/mol. The molecular formula is C16H18Cl2N2O4. The number of halogens is 2. The second kappa shape index (κ2) is 7.42. The van der Waals surface area contributed by atoms with E-state index >= 15 is 0 Å². The molecule has 1 unspecified atom stereocenters. The van der Waals surface area contributed by atoms with Gasteiger partial charge in [-0.2, -0.15) is 0 Å². The number of aromatic carboxylic acids is 1. The Hall–Kier alpha value is -1.76. The molecule has 0 aliphatic heterocycles. The monoisotopic (exact) mass is 372 g/mol. The molecule has 24 heavy (non-hydrogen) atoms. The number of carbonyl (C=O) groups is 2. The van der Waals surface area contributed by atoms with E-state index in [1.807, 2.05) is 19.0 Å². The lowest BCUT2D eigenvalue weighted by atomic mass is 9.89. The predicted octanol–water partition coefficient (Wildman–Crippen LogP) is 3.68. The average Bonchev–Trinajstić information content (AvgIpc) is 2.82. The molecule has 8 heteroatoms. The second-order valence-corrected chi connectivity index (χ2v) is 6.76. The van der Waals surface area contributed by atoms with Crippen molar-refractivity contribution >= 4 is 46.0 Å². The van der Waals surface area contributed by atoms with E-state index in [1.165, 1.54) is 6.07 Å². The van der Waals surface area contributed by atoms with Gasteiger partial charge in [0.05, 0.1) is 11.4 Å². The van der Waals surface area contributed by atoms with Crippen molar-refractivity contribution in [2.45, 2.75) is 18.8 Å². The van der Waals surface area contributed by atoms with Gasteiger partial charge in [-0.25, -0.2) is 4.79 Å². The van der Waals surface area contributed by atoms with Crippen LogP contribution in [0.25, 0.3) is 10.9 Å². The molecule has 0 bridgehead atoms. The van der Waals surface area contributed by atoms with Crippen LogP contribution in [0.5, 0.6) is 0 Å². The number of hydrogen-bond acceptors (Lipinski definition) is 3. The summed E-state index contributed by atoms with van der Waals surface area (Å²) in [6, 6.07) is 3.11. The lowest BCUT2D eigenvalue weighted by Crippen LogP contribution is -2.19. The van der Waals surface area contributed by atoms with Crippen LogP contribution in [0.15, 0.2) is 12.1 Å². The molecule has 0 saturated carbocycles. The largest absolute Gasteiger partial charge is 0.481 e. The van der Waals surface area contributed by atoms with E-state index < -0.39 is 17.9 Å². The van der Waals surface area contributed by atoms with Gasteiger partial charge in [-0.1, -0.05) is 23.2 Å². The van der Waals surface area contributed by atoms with E-state index in [9.17, 15) is 19.8 Å². The maximum Gasteiger partial charge on any atom is 0.352 e. The predicted molar refractivity (Wildman–Crippen MR) is 93.4 cm³/mol. The molecule has 2 aromatic rings. The Morgan fingerprint density at radius 3 is 2.46 bits per heavy atom. The lowest BCUT2D eigenvalue weighted by Gasteiger charge is -2.19. The van der Waals surface area contributed by atoms with Crippen LogP contribution in [0.3, 0.4) is 0 Å². The zero-order valence-electron chi connectivity index (χ0n) is 13.3. The van der Waals surface area contributed by atoms with Crippen molar-refractivity contribution in [2.24, 2.45) is 0 Å². The first-order valence-electron chi connectivity index (χ1n) is 7.31. The standard InChI is InChI=1S/C16H18Cl2N2O4/c1-20(2)4-3-8(5-12(21)22)13-14-10(18)6-9(17)7-11(14)19-15(13)16(23)24/h6-8,19H,3-5H2,1-2H3,(H,21,22)(H,23,24). The zero-order chi connectivity index (χ0) is 18.0. The van der Waals surface area contributed by atoms with Gasteiger partial charge in [-0.05, 0) is 50.7 Å². The minimum absolute atomic E-state index is 0.0424. The zero-order valence-corrected chi connectivity index (χ0v) is 14.8. The first-order chi connectivity index (χ1) is 11.2. The smallest absolute Gasteiger partial charge is 0.352 e. The van der Waals surface area contributed by atoms with Crippen LogP contribution in [0.2, 0.25) is 10.0 Å². The normalized spacial score (nSPS) is 12.7.